The van der Waals surface area contributed by atoms with E-state index in [1.807, 2.05) is 0 Å². The third-order valence-electron chi connectivity index (χ3n) is 4.69. The fraction of sp³-hybridized carbons (Fsp3) is 0.286. The smallest absolute Gasteiger partial charge is 0.311 e. The topological polar surface area (TPSA) is 94.2 Å². The molecule has 8 nitrogen and oxygen atoms in total. The van der Waals surface area contributed by atoms with Gasteiger partial charge in [0.1, 0.15) is 11.5 Å². The minimum absolute atomic E-state index is 0.0460. The molecule has 1 aliphatic heterocycles. The number of methoxy groups -OCH3 is 2. The standard InChI is InChI=1S/C21H20Cl2N2O6/c1-29-14-4-6-16(18(9-14)30-2)24-19(26)11-31-21(28)12-7-20(27)25(10-12)17-8-13(22)3-5-15(17)23/h3-6,8-9,12H,7,10-11H2,1-2H3,(H,24,26)/t12-/m0/s1. The van der Waals surface area contributed by atoms with E-state index < -0.39 is 24.4 Å². The van der Waals surface area contributed by atoms with Crippen LogP contribution in [0.3, 0.4) is 0 Å². The quantitative estimate of drug-likeness (QED) is 0.627. The lowest BCUT2D eigenvalue weighted by molar-refractivity contribution is -0.151. The first-order chi connectivity index (χ1) is 14.8. The molecule has 0 unspecified atom stereocenters. The average Bonchev–Trinajstić information content (AvgIpc) is 3.15. The summed E-state index contributed by atoms with van der Waals surface area (Å²) < 4.78 is 15.4. The number of ether oxygens (including phenoxy) is 3. The van der Waals surface area contributed by atoms with Gasteiger partial charge >= 0.3 is 5.97 Å². The van der Waals surface area contributed by atoms with Gasteiger partial charge in [-0.2, -0.15) is 0 Å². The molecular weight excluding hydrogens is 447 g/mol. The van der Waals surface area contributed by atoms with Crippen molar-refractivity contribution >= 4 is 52.4 Å². The molecule has 1 N–H and O–H groups in total. The van der Waals surface area contributed by atoms with E-state index in [9.17, 15) is 14.4 Å². The van der Waals surface area contributed by atoms with Gasteiger partial charge in [0.25, 0.3) is 5.91 Å². The molecule has 10 heteroatoms. The Balaban J connectivity index is 1.57. The molecule has 2 aromatic carbocycles. The number of hydrogen-bond donors (Lipinski definition) is 1. The molecule has 1 saturated heterocycles. The third kappa shape index (κ3) is 5.39. The predicted octanol–water partition coefficient (Wildman–Crippen LogP) is 3.55. The second kappa shape index (κ2) is 9.89. The number of anilines is 2. The van der Waals surface area contributed by atoms with E-state index in [0.29, 0.717) is 32.9 Å². The Bertz CT molecular complexity index is 1010. The number of esters is 1. The second-order valence-electron chi connectivity index (χ2n) is 6.72. The lowest BCUT2D eigenvalue weighted by Crippen LogP contribution is -2.28. The Morgan fingerprint density at radius 3 is 2.61 bits per heavy atom. The molecule has 0 bridgehead atoms. The highest BCUT2D eigenvalue weighted by Gasteiger charge is 2.37. The molecule has 164 valence electrons. The minimum Gasteiger partial charge on any atom is -0.497 e. The molecule has 0 aromatic heterocycles. The van der Waals surface area contributed by atoms with Crippen LogP contribution in [0.15, 0.2) is 36.4 Å². The van der Waals surface area contributed by atoms with Crippen molar-refractivity contribution in [2.45, 2.75) is 6.42 Å². The van der Waals surface area contributed by atoms with Crippen molar-refractivity contribution in [2.24, 2.45) is 5.92 Å². The largest absolute Gasteiger partial charge is 0.497 e. The molecule has 0 aliphatic carbocycles. The van der Waals surface area contributed by atoms with Gasteiger partial charge in [0.05, 0.1) is 36.5 Å². The molecule has 3 rings (SSSR count). The molecular formula is C21H20Cl2N2O6. The molecule has 0 radical (unpaired) electrons. The highest BCUT2D eigenvalue weighted by Crippen LogP contribution is 2.34. The van der Waals surface area contributed by atoms with Crippen molar-refractivity contribution in [3.63, 3.8) is 0 Å². The van der Waals surface area contributed by atoms with Crippen LogP contribution in [-0.2, 0) is 19.1 Å². The summed E-state index contributed by atoms with van der Waals surface area (Å²) in [5.74, 6) is -1.22. The Labute approximate surface area is 189 Å². The van der Waals surface area contributed by atoms with Crippen molar-refractivity contribution < 1.29 is 28.6 Å². The number of nitrogens with zero attached hydrogens (tertiary/aromatic N) is 1. The van der Waals surface area contributed by atoms with Gasteiger partial charge in [-0.1, -0.05) is 23.2 Å². The molecule has 2 amide bonds. The maximum atomic E-state index is 12.4. The Morgan fingerprint density at radius 1 is 1.13 bits per heavy atom. The Kier molecular flexibility index (Phi) is 7.25. The second-order valence-corrected chi connectivity index (χ2v) is 7.57. The molecule has 0 spiro atoms. The molecule has 1 fully saturated rings. The van der Waals surface area contributed by atoms with Crippen molar-refractivity contribution in [1.29, 1.82) is 0 Å². The average molecular weight is 467 g/mol. The summed E-state index contributed by atoms with van der Waals surface area (Å²) in [7, 11) is 2.97. The van der Waals surface area contributed by atoms with Crippen molar-refractivity contribution in [1.82, 2.24) is 0 Å². The van der Waals surface area contributed by atoms with E-state index in [1.54, 1.807) is 36.4 Å². The number of carbonyl (C=O) groups excluding carboxylic acids is 3. The lowest BCUT2D eigenvalue weighted by Gasteiger charge is -2.18. The number of amides is 2. The normalized spacial score (nSPS) is 15.5. The third-order valence-corrected chi connectivity index (χ3v) is 5.24. The maximum absolute atomic E-state index is 12.4. The van der Waals surface area contributed by atoms with E-state index in [4.69, 9.17) is 37.4 Å². The van der Waals surface area contributed by atoms with E-state index in [-0.39, 0.29) is 18.9 Å². The van der Waals surface area contributed by atoms with Crippen molar-refractivity contribution in [3.8, 4) is 11.5 Å². The van der Waals surface area contributed by atoms with Crippen LogP contribution in [0.1, 0.15) is 6.42 Å². The highest BCUT2D eigenvalue weighted by molar-refractivity contribution is 6.35. The number of halogens is 2. The first-order valence-corrected chi connectivity index (χ1v) is 10.0. The zero-order valence-electron chi connectivity index (χ0n) is 16.8. The summed E-state index contributed by atoms with van der Waals surface area (Å²) in [6.07, 6.45) is -0.0460. The van der Waals surface area contributed by atoms with Gasteiger partial charge in [-0.15, -0.1) is 0 Å². The number of rotatable bonds is 7. The summed E-state index contributed by atoms with van der Waals surface area (Å²) in [5.41, 5.74) is 0.834. The van der Waals surface area contributed by atoms with E-state index >= 15 is 0 Å². The monoisotopic (exact) mass is 466 g/mol. The number of nitrogens with one attached hydrogen (secondary N) is 1. The van der Waals surface area contributed by atoms with Crippen LogP contribution in [0.4, 0.5) is 11.4 Å². The summed E-state index contributed by atoms with van der Waals surface area (Å²) in [6.45, 7) is -0.414. The number of carbonyl (C=O) groups is 3. The van der Waals surface area contributed by atoms with Crippen LogP contribution in [0.5, 0.6) is 11.5 Å². The van der Waals surface area contributed by atoms with Crippen molar-refractivity contribution in [2.75, 3.05) is 37.6 Å². The van der Waals surface area contributed by atoms with Gasteiger partial charge in [0.2, 0.25) is 5.91 Å². The van der Waals surface area contributed by atoms with Gasteiger partial charge in [0.15, 0.2) is 6.61 Å². The highest BCUT2D eigenvalue weighted by atomic mass is 35.5. The first kappa shape index (κ1) is 22.7. The van der Waals surface area contributed by atoms with Crippen LogP contribution >= 0.6 is 23.2 Å². The van der Waals surface area contributed by atoms with Crippen LogP contribution in [0, 0.1) is 5.92 Å². The SMILES string of the molecule is COc1ccc(NC(=O)COC(=O)[C@H]2CC(=O)N(c3cc(Cl)ccc3Cl)C2)c(OC)c1. The molecule has 1 aliphatic rings. The zero-order chi connectivity index (χ0) is 22.5. The predicted molar refractivity (Wildman–Crippen MR) is 116 cm³/mol. The van der Waals surface area contributed by atoms with Crippen LogP contribution in [0.2, 0.25) is 10.0 Å². The number of benzene rings is 2. The Morgan fingerprint density at radius 2 is 1.90 bits per heavy atom. The van der Waals surface area contributed by atoms with Gasteiger partial charge in [-0.3, -0.25) is 14.4 Å². The van der Waals surface area contributed by atoms with Crippen molar-refractivity contribution in [3.05, 3.63) is 46.4 Å². The fourth-order valence-electron chi connectivity index (χ4n) is 3.13. The maximum Gasteiger partial charge on any atom is 0.311 e. The number of hydrogen-bond acceptors (Lipinski definition) is 6. The van der Waals surface area contributed by atoms with Gasteiger partial charge in [0, 0.05) is 24.1 Å². The van der Waals surface area contributed by atoms with Gasteiger partial charge in [-0.25, -0.2) is 0 Å². The summed E-state index contributed by atoms with van der Waals surface area (Å²) in [4.78, 5) is 38.4. The van der Waals surface area contributed by atoms with E-state index in [2.05, 4.69) is 5.32 Å². The Hall–Kier alpha value is -2.97. The minimum atomic E-state index is -0.717. The van der Waals surface area contributed by atoms with Crippen LogP contribution < -0.4 is 19.7 Å². The summed E-state index contributed by atoms with van der Waals surface area (Å²) >= 11 is 12.1. The van der Waals surface area contributed by atoms with Crippen LogP contribution in [-0.4, -0.2) is 45.2 Å². The van der Waals surface area contributed by atoms with E-state index in [0.717, 1.165) is 0 Å². The molecule has 1 heterocycles. The lowest BCUT2D eigenvalue weighted by atomic mass is 10.1. The van der Waals surface area contributed by atoms with Gasteiger partial charge in [-0.05, 0) is 30.3 Å². The molecule has 31 heavy (non-hydrogen) atoms. The fourth-order valence-corrected chi connectivity index (χ4v) is 3.52. The summed E-state index contributed by atoms with van der Waals surface area (Å²) in [6, 6.07) is 9.63. The first-order valence-electron chi connectivity index (χ1n) is 9.26. The van der Waals surface area contributed by atoms with E-state index in [1.165, 1.54) is 19.1 Å². The molecule has 0 saturated carbocycles. The van der Waals surface area contributed by atoms with Crippen LogP contribution in [0.25, 0.3) is 0 Å². The zero-order valence-corrected chi connectivity index (χ0v) is 18.3. The summed E-state index contributed by atoms with van der Waals surface area (Å²) in [5, 5.41) is 3.38. The molecule has 1 atom stereocenters. The van der Waals surface area contributed by atoms with Gasteiger partial charge < -0.3 is 24.4 Å². The molecule has 2 aromatic rings.